The topological polar surface area (TPSA) is 49.7 Å². The van der Waals surface area contributed by atoms with Crippen LogP contribution in [-0.4, -0.2) is 31.0 Å². The highest BCUT2D eigenvalue weighted by atomic mass is 16.2. The highest BCUT2D eigenvalue weighted by molar-refractivity contribution is 5.93. The Labute approximate surface area is 88.2 Å². The summed E-state index contributed by atoms with van der Waals surface area (Å²) >= 11 is 0. The zero-order valence-electron chi connectivity index (χ0n) is 8.73. The fourth-order valence-corrected chi connectivity index (χ4v) is 1.13. The standard InChI is InChI=1S/C11H12N2O2/c1-13(2)11(15)10-5-3-9(4-6-10)7-12-8-14/h3-6H,7H2,1-2H3. The van der Waals surface area contributed by atoms with Crippen molar-refractivity contribution in [3.8, 4) is 0 Å². The van der Waals surface area contributed by atoms with Gasteiger partial charge in [-0.2, -0.15) is 0 Å². The monoisotopic (exact) mass is 204 g/mol. The molecule has 0 bridgehead atoms. The molecule has 0 unspecified atom stereocenters. The van der Waals surface area contributed by atoms with E-state index in [2.05, 4.69) is 4.99 Å². The van der Waals surface area contributed by atoms with Crippen LogP contribution in [0.4, 0.5) is 0 Å². The Kier molecular flexibility index (Phi) is 3.77. The second-order valence-electron chi connectivity index (χ2n) is 3.30. The van der Waals surface area contributed by atoms with Crippen molar-refractivity contribution in [2.75, 3.05) is 14.1 Å². The number of benzene rings is 1. The van der Waals surface area contributed by atoms with E-state index >= 15 is 0 Å². The van der Waals surface area contributed by atoms with Crippen molar-refractivity contribution in [2.24, 2.45) is 4.99 Å². The van der Waals surface area contributed by atoms with Crippen LogP contribution in [0.1, 0.15) is 15.9 Å². The molecule has 0 aromatic heterocycles. The largest absolute Gasteiger partial charge is 0.345 e. The van der Waals surface area contributed by atoms with E-state index in [0.29, 0.717) is 12.1 Å². The molecule has 0 fully saturated rings. The van der Waals surface area contributed by atoms with Crippen molar-refractivity contribution >= 4 is 12.0 Å². The third-order valence-corrected chi connectivity index (χ3v) is 1.93. The average Bonchev–Trinajstić information content (AvgIpc) is 2.26. The normalized spacial score (nSPS) is 9.20. The van der Waals surface area contributed by atoms with Crippen molar-refractivity contribution in [1.29, 1.82) is 0 Å². The summed E-state index contributed by atoms with van der Waals surface area (Å²) in [5.74, 6) is -0.0413. The molecule has 0 spiro atoms. The lowest BCUT2D eigenvalue weighted by molar-refractivity contribution is 0.0827. The van der Waals surface area contributed by atoms with Gasteiger partial charge in [0.2, 0.25) is 6.08 Å². The van der Waals surface area contributed by atoms with Crippen LogP contribution < -0.4 is 0 Å². The SMILES string of the molecule is CN(C)C(=O)c1ccc(CN=C=O)cc1. The maximum absolute atomic E-state index is 11.5. The minimum absolute atomic E-state index is 0.0413. The minimum Gasteiger partial charge on any atom is -0.345 e. The summed E-state index contributed by atoms with van der Waals surface area (Å²) in [6, 6.07) is 6.99. The van der Waals surface area contributed by atoms with Crippen LogP contribution in [0.3, 0.4) is 0 Å². The number of rotatable bonds is 3. The van der Waals surface area contributed by atoms with Gasteiger partial charge in [0.1, 0.15) is 0 Å². The Morgan fingerprint density at radius 1 is 1.33 bits per heavy atom. The number of carbonyl (C=O) groups excluding carboxylic acids is 2. The van der Waals surface area contributed by atoms with Gasteiger partial charge in [-0.05, 0) is 17.7 Å². The van der Waals surface area contributed by atoms with E-state index in [1.165, 1.54) is 11.0 Å². The zero-order chi connectivity index (χ0) is 11.3. The predicted octanol–water partition coefficient (Wildman–Crippen LogP) is 1.22. The smallest absolute Gasteiger partial charge is 0.253 e. The van der Waals surface area contributed by atoms with Gasteiger partial charge in [0.05, 0.1) is 6.54 Å². The first kappa shape index (κ1) is 11.1. The van der Waals surface area contributed by atoms with Gasteiger partial charge in [0.25, 0.3) is 5.91 Å². The summed E-state index contributed by atoms with van der Waals surface area (Å²) in [7, 11) is 3.40. The molecule has 15 heavy (non-hydrogen) atoms. The molecule has 4 nitrogen and oxygen atoms in total. The van der Waals surface area contributed by atoms with E-state index in [-0.39, 0.29) is 5.91 Å². The molecule has 1 aromatic rings. The zero-order valence-corrected chi connectivity index (χ0v) is 8.73. The molecule has 1 aromatic carbocycles. The molecular formula is C11H12N2O2. The fourth-order valence-electron chi connectivity index (χ4n) is 1.13. The summed E-state index contributed by atoms with van der Waals surface area (Å²) in [6.45, 7) is 0.305. The molecule has 0 saturated carbocycles. The van der Waals surface area contributed by atoms with Gasteiger partial charge in [-0.3, -0.25) is 4.79 Å². The fraction of sp³-hybridized carbons (Fsp3) is 0.273. The molecule has 0 saturated heterocycles. The lowest BCUT2D eigenvalue weighted by atomic mass is 10.1. The van der Waals surface area contributed by atoms with Gasteiger partial charge in [-0.15, -0.1) is 0 Å². The second-order valence-corrected chi connectivity index (χ2v) is 3.30. The molecule has 1 rings (SSSR count). The van der Waals surface area contributed by atoms with Gasteiger partial charge in [-0.1, -0.05) is 12.1 Å². The van der Waals surface area contributed by atoms with E-state index in [9.17, 15) is 9.59 Å². The van der Waals surface area contributed by atoms with E-state index in [4.69, 9.17) is 0 Å². The Morgan fingerprint density at radius 3 is 2.40 bits per heavy atom. The number of aliphatic imine (C=N–C) groups is 1. The maximum atomic E-state index is 11.5. The molecule has 78 valence electrons. The molecule has 0 atom stereocenters. The van der Waals surface area contributed by atoms with E-state index in [1.54, 1.807) is 38.4 Å². The molecule has 1 amide bonds. The molecular weight excluding hydrogens is 192 g/mol. The highest BCUT2D eigenvalue weighted by Gasteiger charge is 2.06. The van der Waals surface area contributed by atoms with E-state index in [0.717, 1.165) is 5.56 Å². The molecule has 0 heterocycles. The number of isocyanates is 1. The Morgan fingerprint density at radius 2 is 1.93 bits per heavy atom. The summed E-state index contributed by atoms with van der Waals surface area (Å²) < 4.78 is 0. The summed E-state index contributed by atoms with van der Waals surface area (Å²) in [6.07, 6.45) is 1.47. The molecule has 0 aliphatic heterocycles. The molecule has 0 aliphatic carbocycles. The molecule has 0 aliphatic rings. The second kappa shape index (κ2) is 5.08. The van der Waals surface area contributed by atoms with Crippen LogP contribution in [0.2, 0.25) is 0 Å². The Bertz CT molecular complexity index is 390. The Balaban J connectivity index is 2.80. The minimum atomic E-state index is -0.0413. The molecule has 0 N–H and O–H groups in total. The quantitative estimate of drug-likeness (QED) is 0.549. The first-order valence-corrected chi connectivity index (χ1v) is 4.49. The van der Waals surface area contributed by atoms with Gasteiger partial charge in [0.15, 0.2) is 0 Å². The lowest BCUT2D eigenvalue weighted by Gasteiger charge is -2.09. The molecule has 0 radical (unpaired) electrons. The van der Waals surface area contributed by atoms with E-state index in [1.807, 2.05) is 0 Å². The van der Waals surface area contributed by atoms with Crippen molar-refractivity contribution in [1.82, 2.24) is 4.90 Å². The van der Waals surface area contributed by atoms with Gasteiger partial charge in [0, 0.05) is 19.7 Å². The number of amides is 1. The van der Waals surface area contributed by atoms with Crippen LogP contribution in [0.5, 0.6) is 0 Å². The van der Waals surface area contributed by atoms with Crippen LogP contribution in [-0.2, 0) is 11.3 Å². The predicted molar refractivity (Wildman–Crippen MR) is 56.3 cm³/mol. The first-order valence-electron chi connectivity index (χ1n) is 4.49. The number of carbonyl (C=O) groups is 1. The van der Waals surface area contributed by atoms with Gasteiger partial charge in [-0.25, -0.2) is 9.79 Å². The summed E-state index contributed by atoms with van der Waals surface area (Å²) in [4.78, 5) is 26.4. The van der Waals surface area contributed by atoms with Crippen LogP contribution in [0.25, 0.3) is 0 Å². The molecule has 4 heteroatoms. The van der Waals surface area contributed by atoms with Crippen molar-refractivity contribution in [2.45, 2.75) is 6.54 Å². The lowest BCUT2D eigenvalue weighted by Crippen LogP contribution is -2.21. The average molecular weight is 204 g/mol. The summed E-state index contributed by atoms with van der Waals surface area (Å²) in [5, 5.41) is 0. The number of hydrogen-bond acceptors (Lipinski definition) is 3. The highest BCUT2D eigenvalue weighted by Crippen LogP contribution is 2.07. The maximum Gasteiger partial charge on any atom is 0.253 e. The summed E-state index contributed by atoms with van der Waals surface area (Å²) in [5.41, 5.74) is 1.51. The van der Waals surface area contributed by atoms with Gasteiger partial charge < -0.3 is 4.90 Å². The van der Waals surface area contributed by atoms with Crippen molar-refractivity contribution in [3.05, 3.63) is 35.4 Å². The van der Waals surface area contributed by atoms with Crippen LogP contribution in [0, 0.1) is 0 Å². The Hall–Kier alpha value is -1.93. The van der Waals surface area contributed by atoms with E-state index < -0.39 is 0 Å². The van der Waals surface area contributed by atoms with Gasteiger partial charge >= 0.3 is 0 Å². The third kappa shape index (κ3) is 3.04. The van der Waals surface area contributed by atoms with Crippen LogP contribution in [0.15, 0.2) is 29.3 Å². The first-order chi connectivity index (χ1) is 7.15. The third-order valence-electron chi connectivity index (χ3n) is 1.93. The van der Waals surface area contributed by atoms with Crippen molar-refractivity contribution < 1.29 is 9.59 Å². The number of nitrogens with zero attached hydrogens (tertiary/aromatic N) is 2. The van der Waals surface area contributed by atoms with Crippen LogP contribution >= 0.6 is 0 Å². The van der Waals surface area contributed by atoms with Crippen molar-refractivity contribution in [3.63, 3.8) is 0 Å². The number of hydrogen-bond donors (Lipinski definition) is 0.